The average molecular weight is 450 g/mol. The number of nitrogens with zero attached hydrogens (tertiary/aromatic N) is 4. The number of hydrogen-bond acceptors (Lipinski definition) is 5. The van der Waals surface area contributed by atoms with Crippen molar-refractivity contribution < 1.29 is 4.79 Å². The normalized spacial score (nSPS) is 12.3. The number of thiazole rings is 1. The van der Waals surface area contributed by atoms with Crippen molar-refractivity contribution in [2.24, 2.45) is 0 Å². The first-order valence-corrected chi connectivity index (χ1v) is 11.6. The molecule has 0 aliphatic heterocycles. The molecule has 1 unspecified atom stereocenters. The van der Waals surface area contributed by atoms with E-state index in [0.717, 1.165) is 23.4 Å². The van der Waals surface area contributed by atoms with Crippen LogP contribution in [-0.2, 0) is 11.2 Å². The number of aryl methyl sites for hydroxylation is 3. The highest BCUT2D eigenvalue weighted by atomic mass is 32.1. The van der Waals surface area contributed by atoms with Gasteiger partial charge in [-0.1, -0.05) is 25.1 Å². The number of hydrogen-bond donors (Lipinski definition) is 1. The van der Waals surface area contributed by atoms with Gasteiger partial charge < -0.3 is 5.32 Å². The van der Waals surface area contributed by atoms with Crippen molar-refractivity contribution in [3.8, 4) is 16.9 Å². The van der Waals surface area contributed by atoms with E-state index >= 15 is 0 Å². The minimum atomic E-state index is -0.200. The Morgan fingerprint density at radius 2 is 1.97 bits per heavy atom. The molecule has 3 heterocycles. The lowest BCUT2D eigenvalue weighted by atomic mass is 10.1. The van der Waals surface area contributed by atoms with Crippen LogP contribution in [0.4, 0.5) is 0 Å². The molecule has 0 aliphatic carbocycles. The van der Waals surface area contributed by atoms with E-state index in [2.05, 4.69) is 10.3 Å². The average Bonchev–Trinajstić information content (AvgIpc) is 3.31. The summed E-state index contributed by atoms with van der Waals surface area (Å²) in [6.45, 7) is 9.81. The fourth-order valence-corrected chi connectivity index (χ4v) is 4.68. The zero-order valence-electron chi connectivity index (χ0n) is 19.0. The lowest BCUT2D eigenvalue weighted by molar-refractivity contribution is -0.121. The van der Waals surface area contributed by atoms with E-state index in [-0.39, 0.29) is 23.9 Å². The molecule has 7 nitrogen and oxygen atoms in total. The van der Waals surface area contributed by atoms with Crippen LogP contribution < -0.4 is 10.9 Å². The van der Waals surface area contributed by atoms with Gasteiger partial charge in [-0.25, -0.2) is 9.67 Å². The van der Waals surface area contributed by atoms with Crippen molar-refractivity contribution in [1.82, 2.24) is 24.5 Å². The van der Waals surface area contributed by atoms with Gasteiger partial charge in [0, 0.05) is 22.8 Å². The van der Waals surface area contributed by atoms with Crippen LogP contribution in [-0.4, -0.2) is 31.1 Å². The number of para-hydroxylation sites is 1. The molecule has 1 N–H and O–H groups in total. The molecule has 166 valence electrons. The van der Waals surface area contributed by atoms with Crippen LogP contribution in [0.1, 0.15) is 42.9 Å². The smallest absolute Gasteiger partial charge is 0.268 e. The standard InChI is InChI=1S/C24H27N5O2S/c1-6-15(3)25-21(30)12-18-13-32-24-26-17(5)22(23(31)28(18)24)19-11-16(4)29(27-19)20-10-8-7-9-14(20)2/h7-11,13,15H,6,12H2,1-5H3,(H,25,30). The highest BCUT2D eigenvalue weighted by molar-refractivity contribution is 7.15. The Kier molecular flexibility index (Phi) is 5.97. The summed E-state index contributed by atoms with van der Waals surface area (Å²) in [5.41, 5.74) is 5.10. The molecular weight excluding hydrogens is 422 g/mol. The van der Waals surface area contributed by atoms with Crippen molar-refractivity contribution >= 4 is 22.2 Å². The first-order valence-electron chi connectivity index (χ1n) is 10.7. The predicted molar refractivity (Wildman–Crippen MR) is 128 cm³/mol. The third kappa shape index (κ3) is 3.98. The topological polar surface area (TPSA) is 81.3 Å². The quantitative estimate of drug-likeness (QED) is 0.483. The predicted octanol–water partition coefficient (Wildman–Crippen LogP) is 3.99. The Bertz CT molecular complexity index is 1360. The van der Waals surface area contributed by atoms with Gasteiger partial charge in [-0.05, 0) is 51.8 Å². The van der Waals surface area contributed by atoms with Gasteiger partial charge in [-0.15, -0.1) is 11.3 Å². The molecule has 0 radical (unpaired) electrons. The summed E-state index contributed by atoms with van der Waals surface area (Å²) in [6.07, 6.45) is 0.981. The van der Waals surface area contributed by atoms with Gasteiger partial charge in [0.05, 0.1) is 23.4 Å². The highest BCUT2D eigenvalue weighted by Crippen LogP contribution is 2.24. The van der Waals surface area contributed by atoms with Gasteiger partial charge >= 0.3 is 0 Å². The second-order valence-electron chi connectivity index (χ2n) is 8.15. The lowest BCUT2D eigenvalue weighted by Crippen LogP contribution is -2.34. The van der Waals surface area contributed by atoms with Crippen molar-refractivity contribution in [2.75, 3.05) is 0 Å². The van der Waals surface area contributed by atoms with E-state index in [0.29, 0.717) is 27.6 Å². The number of rotatable bonds is 6. The molecule has 0 bridgehead atoms. The van der Waals surface area contributed by atoms with E-state index < -0.39 is 0 Å². The molecule has 0 saturated carbocycles. The molecule has 1 amide bonds. The van der Waals surface area contributed by atoms with Gasteiger partial charge in [0.2, 0.25) is 5.91 Å². The number of nitrogens with one attached hydrogen (secondary N) is 1. The van der Waals surface area contributed by atoms with E-state index in [4.69, 9.17) is 5.10 Å². The molecule has 4 rings (SSSR count). The summed E-state index contributed by atoms with van der Waals surface area (Å²) in [7, 11) is 0. The molecule has 8 heteroatoms. The SMILES string of the molecule is CCC(C)NC(=O)Cc1csc2nc(C)c(-c3cc(C)n(-c4ccccc4C)n3)c(=O)n12. The van der Waals surface area contributed by atoms with Gasteiger partial charge in [0.25, 0.3) is 5.56 Å². The van der Waals surface area contributed by atoms with Gasteiger partial charge in [-0.3, -0.25) is 14.0 Å². The summed E-state index contributed by atoms with van der Waals surface area (Å²) in [5.74, 6) is -0.104. The van der Waals surface area contributed by atoms with Crippen LogP contribution in [0, 0.1) is 20.8 Å². The molecule has 1 aromatic carbocycles. The number of fused-ring (bicyclic) bond motifs is 1. The molecule has 0 saturated heterocycles. The molecule has 1 atom stereocenters. The third-order valence-corrected chi connectivity index (χ3v) is 6.54. The van der Waals surface area contributed by atoms with Crippen LogP contribution in [0.15, 0.2) is 40.5 Å². The van der Waals surface area contributed by atoms with Crippen molar-refractivity contribution in [2.45, 2.75) is 53.5 Å². The monoisotopic (exact) mass is 449 g/mol. The number of carbonyl (C=O) groups excluding carboxylic acids is 1. The number of aromatic nitrogens is 4. The Morgan fingerprint density at radius 1 is 1.22 bits per heavy atom. The number of amides is 1. The summed E-state index contributed by atoms with van der Waals surface area (Å²) in [5, 5.41) is 9.54. The zero-order valence-corrected chi connectivity index (χ0v) is 19.8. The molecule has 0 aliphatic rings. The maximum atomic E-state index is 13.6. The van der Waals surface area contributed by atoms with Crippen LogP contribution in [0.25, 0.3) is 21.9 Å². The fraction of sp³-hybridized carbons (Fsp3) is 0.333. The Balaban J connectivity index is 1.79. The Morgan fingerprint density at radius 3 is 2.69 bits per heavy atom. The van der Waals surface area contributed by atoms with Gasteiger partial charge in [-0.2, -0.15) is 5.10 Å². The van der Waals surface area contributed by atoms with Crippen LogP contribution >= 0.6 is 11.3 Å². The lowest BCUT2D eigenvalue weighted by Gasteiger charge is -2.11. The molecule has 0 fully saturated rings. The van der Waals surface area contributed by atoms with E-state index in [1.54, 1.807) is 4.40 Å². The molecular formula is C24H27N5O2S. The Hall–Kier alpha value is -3.26. The largest absolute Gasteiger partial charge is 0.353 e. The van der Waals surface area contributed by atoms with Crippen molar-refractivity contribution in [1.29, 1.82) is 0 Å². The van der Waals surface area contributed by atoms with Crippen molar-refractivity contribution in [3.63, 3.8) is 0 Å². The molecule has 0 spiro atoms. The minimum Gasteiger partial charge on any atom is -0.353 e. The highest BCUT2D eigenvalue weighted by Gasteiger charge is 2.20. The molecule has 32 heavy (non-hydrogen) atoms. The van der Waals surface area contributed by atoms with Crippen LogP contribution in [0.3, 0.4) is 0 Å². The minimum absolute atomic E-state index is 0.0911. The maximum absolute atomic E-state index is 13.6. The zero-order chi connectivity index (χ0) is 23.0. The second-order valence-corrected chi connectivity index (χ2v) is 8.98. The summed E-state index contributed by atoms with van der Waals surface area (Å²) >= 11 is 1.37. The first kappa shape index (κ1) is 22.0. The second kappa shape index (κ2) is 8.70. The summed E-state index contributed by atoms with van der Waals surface area (Å²) in [6, 6.07) is 10.0. The first-order chi connectivity index (χ1) is 15.3. The van der Waals surface area contributed by atoms with Crippen molar-refractivity contribution in [3.05, 3.63) is 68.7 Å². The van der Waals surface area contributed by atoms with E-state index in [1.807, 2.05) is 75.0 Å². The number of benzene rings is 1. The van der Waals surface area contributed by atoms with Gasteiger partial charge in [0.1, 0.15) is 5.69 Å². The molecule has 3 aromatic heterocycles. The van der Waals surface area contributed by atoms with E-state index in [1.165, 1.54) is 11.3 Å². The van der Waals surface area contributed by atoms with Crippen LogP contribution in [0.5, 0.6) is 0 Å². The Labute approximate surface area is 190 Å². The summed E-state index contributed by atoms with van der Waals surface area (Å²) in [4.78, 5) is 31.2. The van der Waals surface area contributed by atoms with E-state index in [9.17, 15) is 9.59 Å². The molecule has 4 aromatic rings. The summed E-state index contributed by atoms with van der Waals surface area (Å²) < 4.78 is 3.40. The van der Waals surface area contributed by atoms with Gasteiger partial charge in [0.15, 0.2) is 4.96 Å². The number of carbonyl (C=O) groups is 1. The van der Waals surface area contributed by atoms with Crippen LogP contribution in [0.2, 0.25) is 0 Å². The maximum Gasteiger partial charge on any atom is 0.268 e. The third-order valence-electron chi connectivity index (χ3n) is 5.67. The fourth-order valence-electron chi connectivity index (χ4n) is 3.76.